The molecule has 0 unspecified atom stereocenters. The first-order valence-corrected chi connectivity index (χ1v) is 10.4. The van der Waals surface area contributed by atoms with Gasteiger partial charge in [-0.1, -0.05) is 18.2 Å². The fourth-order valence-electron chi connectivity index (χ4n) is 2.69. The Morgan fingerprint density at radius 1 is 1.14 bits per heavy atom. The van der Waals surface area contributed by atoms with Crippen molar-refractivity contribution in [3.63, 3.8) is 0 Å². The highest BCUT2D eigenvalue weighted by Crippen LogP contribution is 2.16. The number of nitrogens with one attached hydrogen (secondary N) is 2. The summed E-state index contributed by atoms with van der Waals surface area (Å²) in [6.07, 6.45) is 0.175. The summed E-state index contributed by atoms with van der Waals surface area (Å²) in [7, 11) is 0. The molecule has 9 heteroatoms. The molecule has 3 amide bonds. The van der Waals surface area contributed by atoms with Crippen molar-refractivity contribution in [1.82, 2.24) is 5.32 Å². The van der Waals surface area contributed by atoms with E-state index in [2.05, 4.69) is 23.3 Å². The number of amides is 3. The van der Waals surface area contributed by atoms with E-state index in [0.29, 0.717) is 10.6 Å². The predicted molar refractivity (Wildman–Crippen MR) is 116 cm³/mol. The van der Waals surface area contributed by atoms with Gasteiger partial charge in [-0.2, -0.15) is 12.6 Å². The van der Waals surface area contributed by atoms with Gasteiger partial charge < -0.3 is 16.4 Å². The van der Waals surface area contributed by atoms with E-state index in [1.165, 1.54) is 18.3 Å². The summed E-state index contributed by atoms with van der Waals surface area (Å²) in [5, 5.41) is 7.26. The molecule has 0 spiro atoms. The Kier molecular flexibility index (Phi) is 8.41. The lowest BCUT2D eigenvalue weighted by atomic mass is 9.95. The molecule has 1 aromatic heterocycles. The fraction of sp³-hybridized carbons (Fsp3) is 0.300. The molecule has 0 aliphatic heterocycles. The third-order valence-electron chi connectivity index (χ3n) is 4.23. The van der Waals surface area contributed by atoms with Crippen LogP contribution in [0.4, 0.5) is 5.69 Å². The monoisotopic (exact) mass is 433 g/mol. The SMILES string of the molecule is CC(=O)N[C@@H](Cc1ccc(NC(=O)c2cccs2)cc1)C(=O)C[C@@H](CS)C(N)=O. The molecule has 0 radical (unpaired) electrons. The number of thiophene rings is 1. The zero-order valence-corrected chi connectivity index (χ0v) is 17.6. The molecule has 0 aliphatic carbocycles. The number of primary amides is 1. The number of hydrogen-bond donors (Lipinski definition) is 4. The van der Waals surface area contributed by atoms with Crippen LogP contribution in [0, 0.1) is 5.92 Å². The molecule has 29 heavy (non-hydrogen) atoms. The summed E-state index contributed by atoms with van der Waals surface area (Å²) in [6, 6.07) is 9.78. The van der Waals surface area contributed by atoms with Gasteiger partial charge in [0.05, 0.1) is 16.8 Å². The summed E-state index contributed by atoms with van der Waals surface area (Å²) in [5.41, 5.74) is 6.70. The van der Waals surface area contributed by atoms with Crippen LogP contribution in [-0.4, -0.2) is 35.3 Å². The van der Waals surface area contributed by atoms with Crippen molar-refractivity contribution in [2.24, 2.45) is 11.7 Å². The van der Waals surface area contributed by atoms with Crippen molar-refractivity contribution in [2.75, 3.05) is 11.1 Å². The molecule has 2 rings (SSSR count). The highest BCUT2D eigenvalue weighted by molar-refractivity contribution is 7.80. The van der Waals surface area contributed by atoms with Gasteiger partial charge in [-0.3, -0.25) is 19.2 Å². The van der Waals surface area contributed by atoms with Gasteiger partial charge in [0.25, 0.3) is 5.91 Å². The van der Waals surface area contributed by atoms with Gasteiger partial charge in [0.2, 0.25) is 11.8 Å². The average Bonchev–Trinajstić information content (AvgIpc) is 3.21. The molecule has 1 heterocycles. The van der Waals surface area contributed by atoms with E-state index in [4.69, 9.17) is 5.73 Å². The second-order valence-corrected chi connectivity index (χ2v) is 7.85. The van der Waals surface area contributed by atoms with Crippen LogP contribution >= 0.6 is 24.0 Å². The second kappa shape index (κ2) is 10.8. The lowest BCUT2D eigenvalue weighted by Crippen LogP contribution is -2.43. The number of rotatable bonds is 10. The van der Waals surface area contributed by atoms with Gasteiger partial charge in [-0.15, -0.1) is 11.3 Å². The van der Waals surface area contributed by atoms with E-state index in [1.54, 1.807) is 36.4 Å². The van der Waals surface area contributed by atoms with E-state index in [1.807, 2.05) is 5.38 Å². The minimum Gasteiger partial charge on any atom is -0.369 e. The number of carbonyl (C=O) groups excluding carboxylic acids is 4. The summed E-state index contributed by atoms with van der Waals surface area (Å²) < 4.78 is 0. The Hall–Kier alpha value is -2.65. The molecule has 0 aliphatic rings. The van der Waals surface area contributed by atoms with Crippen LogP contribution in [0.1, 0.15) is 28.6 Å². The van der Waals surface area contributed by atoms with Gasteiger partial charge in [0.15, 0.2) is 5.78 Å². The first kappa shape index (κ1) is 22.6. The van der Waals surface area contributed by atoms with Crippen molar-refractivity contribution < 1.29 is 19.2 Å². The number of Topliss-reactive ketones (excluding diaryl/α,β-unsaturated/α-hetero) is 1. The number of ketones is 1. The van der Waals surface area contributed by atoms with Crippen LogP contribution in [0.5, 0.6) is 0 Å². The second-order valence-electron chi connectivity index (χ2n) is 6.54. The Labute approximate surface area is 178 Å². The van der Waals surface area contributed by atoms with E-state index < -0.39 is 17.9 Å². The van der Waals surface area contributed by atoms with E-state index in [9.17, 15) is 19.2 Å². The van der Waals surface area contributed by atoms with Gasteiger partial charge in [-0.25, -0.2) is 0 Å². The first-order valence-electron chi connectivity index (χ1n) is 8.94. The number of hydrogen-bond acceptors (Lipinski definition) is 6. The molecule has 0 fully saturated rings. The maximum absolute atomic E-state index is 12.6. The largest absolute Gasteiger partial charge is 0.369 e. The highest BCUT2D eigenvalue weighted by Gasteiger charge is 2.25. The summed E-state index contributed by atoms with van der Waals surface area (Å²) >= 11 is 5.40. The average molecular weight is 434 g/mol. The Morgan fingerprint density at radius 2 is 1.83 bits per heavy atom. The number of anilines is 1. The Bertz CT molecular complexity index is 866. The van der Waals surface area contributed by atoms with Crippen LogP contribution in [0.2, 0.25) is 0 Å². The molecular formula is C20H23N3O4S2. The normalized spacial score (nSPS) is 12.6. The molecule has 2 atom stereocenters. The molecule has 0 saturated carbocycles. The topological polar surface area (TPSA) is 118 Å². The molecule has 0 saturated heterocycles. The van der Waals surface area contributed by atoms with Crippen LogP contribution < -0.4 is 16.4 Å². The first-order chi connectivity index (χ1) is 13.8. The fourth-order valence-corrected chi connectivity index (χ4v) is 3.62. The summed E-state index contributed by atoms with van der Waals surface area (Å²) in [6.45, 7) is 1.33. The number of benzene rings is 1. The third kappa shape index (κ3) is 7.03. The smallest absolute Gasteiger partial charge is 0.265 e. The minimum atomic E-state index is -0.777. The maximum atomic E-state index is 12.6. The zero-order chi connectivity index (χ0) is 21.4. The minimum absolute atomic E-state index is 0.0846. The van der Waals surface area contributed by atoms with E-state index >= 15 is 0 Å². The molecule has 0 bridgehead atoms. The van der Waals surface area contributed by atoms with Crippen LogP contribution in [0.25, 0.3) is 0 Å². The Balaban J connectivity index is 2.04. The molecule has 7 nitrogen and oxygen atoms in total. The van der Waals surface area contributed by atoms with E-state index in [-0.39, 0.29) is 36.2 Å². The van der Waals surface area contributed by atoms with Crippen molar-refractivity contribution in [3.05, 3.63) is 52.2 Å². The molecule has 154 valence electrons. The van der Waals surface area contributed by atoms with Crippen molar-refractivity contribution in [1.29, 1.82) is 0 Å². The zero-order valence-electron chi connectivity index (χ0n) is 15.9. The quantitative estimate of drug-likeness (QED) is 0.429. The Morgan fingerprint density at radius 3 is 2.34 bits per heavy atom. The molecule has 4 N–H and O–H groups in total. The van der Waals surface area contributed by atoms with Crippen molar-refractivity contribution >= 4 is 53.2 Å². The molecule has 1 aromatic carbocycles. The number of nitrogens with two attached hydrogens (primary N) is 1. The molecule has 2 aromatic rings. The third-order valence-corrected chi connectivity index (χ3v) is 5.54. The lowest BCUT2D eigenvalue weighted by molar-refractivity contribution is -0.129. The van der Waals surface area contributed by atoms with Gasteiger partial charge in [0, 0.05) is 24.8 Å². The number of carbonyl (C=O) groups is 4. The highest BCUT2D eigenvalue weighted by atomic mass is 32.1. The van der Waals surface area contributed by atoms with Gasteiger partial charge >= 0.3 is 0 Å². The van der Waals surface area contributed by atoms with Crippen LogP contribution in [-0.2, 0) is 20.8 Å². The predicted octanol–water partition coefficient (Wildman–Crippen LogP) is 2.04. The summed E-state index contributed by atoms with van der Waals surface area (Å²) in [5.74, 6) is -1.94. The standard InChI is InChI=1S/C20H23N3O4S2/c1-12(24)22-16(17(25)10-14(11-28)19(21)26)9-13-4-6-15(7-5-13)23-20(27)18-3-2-8-29-18/h2-8,14,16,28H,9-11H2,1H3,(H2,21,26)(H,22,24)(H,23,27)/t14-,16-/m0/s1. The van der Waals surface area contributed by atoms with Gasteiger partial charge in [-0.05, 0) is 35.6 Å². The maximum Gasteiger partial charge on any atom is 0.265 e. The number of thiol groups is 1. The van der Waals surface area contributed by atoms with E-state index in [0.717, 1.165) is 5.56 Å². The summed E-state index contributed by atoms with van der Waals surface area (Å²) in [4.78, 5) is 48.2. The van der Waals surface area contributed by atoms with Crippen molar-refractivity contribution in [2.45, 2.75) is 25.8 Å². The molecular weight excluding hydrogens is 410 g/mol. The van der Waals surface area contributed by atoms with Gasteiger partial charge in [0.1, 0.15) is 0 Å². The van der Waals surface area contributed by atoms with Crippen LogP contribution in [0.15, 0.2) is 41.8 Å². The lowest BCUT2D eigenvalue weighted by Gasteiger charge is -2.19. The van der Waals surface area contributed by atoms with Crippen LogP contribution in [0.3, 0.4) is 0 Å². The van der Waals surface area contributed by atoms with Crippen molar-refractivity contribution in [3.8, 4) is 0 Å².